The Kier molecular flexibility index (Phi) is 10.3. The van der Waals surface area contributed by atoms with E-state index < -0.39 is 0 Å². The summed E-state index contributed by atoms with van der Waals surface area (Å²) in [6.45, 7) is 0. The maximum atomic E-state index is 4.62. The number of imidazole rings is 1. The van der Waals surface area contributed by atoms with Crippen molar-refractivity contribution in [3.05, 3.63) is 158 Å². The van der Waals surface area contributed by atoms with Gasteiger partial charge in [-0.1, -0.05) is 54.6 Å². The number of pyridine rings is 5. The van der Waals surface area contributed by atoms with E-state index in [2.05, 4.69) is 59.2 Å². The molecule has 7 nitrogen and oxygen atoms in total. The zero-order valence-electron chi connectivity index (χ0n) is 23.5. The summed E-state index contributed by atoms with van der Waals surface area (Å²) in [5.74, 6) is 0.811. The van der Waals surface area contributed by atoms with E-state index in [0.717, 1.165) is 45.3 Å². The number of nitrogens with one attached hydrogen (secondary N) is 1. The second-order valence-corrected chi connectivity index (χ2v) is 9.38. The first-order valence-electron chi connectivity index (χ1n) is 13.8. The van der Waals surface area contributed by atoms with Crippen LogP contribution in [0.1, 0.15) is 0 Å². The van der Waals surface area contributed by atoms with Crippen LogP contribution in [-0.4, -0.2) is 34.9 Å². The molecule has 0 radical (unpaired) electrons. The molecule has 0 atom stereocenters. The van der Waals surface area contributed by atoms with Crippen LogP contribution >= 0.6 is 0 Å². The Morgan fingerprint density at radius 2 is 0.750 bits per heavy atom. The van der Waals surface area contributed by atoms with E-state index >= 15 is 0 Å². The molecular formula is C36H27N7Ru. The summed E-state index contributed by atoms with van der Waals surface area (Å²) >= 11 is 0. The van der Waals surface area contributed by atoms with Gasteiger partial charge in [-0.15, -0.1) is 0 Å². The molecule has 0 aliphatic heterocycles. The van der Waals surface area contributed by atoms with Gasteiger partial charge in [-0.25, -0.2) is 4.98 Å². The predicted octanol–water partition coefficient (Wildman–Crippen LogP) is 8.06. The Morgan fingerprint density at radius 3 is 1.14 bits per heavy atom. The van der Waals surface area contributed by atoms with Crippen LogP contribution in [0.4, 0.5) is 0 Å². The zero-order valence-corrected chi connectivity index (χ0v) is 25.3. The number of hydrogen-bond donors (Lipinski definition) is 1. The molecule has 0 unspecified atom stereocenters. The first kappa shape index (κ1) is 30.0. The van der Waals surface area contributed by atoms with Crippen LogP contribution < -0.4 is 0 Å². The Bertz CT molecular complexity index is 1800. The molecule has 0 aliphatic carbocycles. The number of benzene rings is 2. The van der Waals surface area contributed by atoms with Crippen molar-refractivity contribution in [2.75, 3.05) is 0 Å². The van der Waals surface area contributed by atoms with E-state index in [9.17, 15) is 0 Å². The summed E-state index contributed by atoms with van der Waals surface area (Å²) in [6.07, 6.45) is 8.85. The maximum absolute atomic E-state index is 4.62. The quantitative estimate of drug-likeness (QED) is 0.193. The van der Waals surface area contributed by atoms with Crippen LogP contribution in [0, 0.1) is 0 Å². The van der Waals surface area contributed by atoms with E-state index in [0.29, 0.717) is 0 Å². The van der Waals surface area contributed by atoms with E-state index in [1.165, 1.54) is 10.8 Å². The number of hydrogen-bond acceptors (Lipinski definition) is 6. The standard InChI is InChI=1S/C16H11N3.2C10H8N2.Ru/c1-2-6-12-10-15-14(9-11(12)5-1)18-16(19-15)13-7-3-4-8-17-13;2*1-3-7-11-9(5-1)10-6-2-4-8-12-10;/h1-10H,(H,18,19);2*1-8H;. The molecule has 6 heterocycles. The van der Waals surface area contributed by atoms with Crippen molar-refractivity contribution in [3.8, 4) is 34.3 Å². The topological polar surface area (TPSA) is 93.1 Å². The number of H-pyrrole nitrogens is 1. The van der Waals surface area contributed by atoms with E-state index in [1.807, 2.05) is 103 Å². The second-order valence-electron chi connectivity index (χ2n) is 9.38. The number of fused-ring (bicyclic) bond motifs is 2. The molecule has 0 aliphatic rings. The van der Waals surface area contributed by atoms with Gasteiger partial charge in [0.05, 0.1) is 33.8 Å². The Labute approximate surface area is 268 Å². The molecule has 0 bridgehead atoms. The average Bonchev–Trinajstić information content (AvgIpc) is 3.53. The molecule has 0 spiro atoms. The van der Waals surface area contributed by atoms with Crippen LogP contribution in [-0.2, 0) is 19.5 Å². The van der Waals surface area contributed by atoms with Crippen molar-refractivity contribution in [1.82, 2.24) is 34.9 Å². The normalized spacial score (nSPS) is 10.1. The molecule has 6 aromatic heterocycles. The first-order valence-corrected chi connectivity index (χ1v) is 13.8. The Balaban J connectivity index is 0.000000135. The smallest absolute Gasteiger partial charge is 0.157 e. The van der Waals surface area contributed by atoms with Crippen LogP contribution in [0.3, 0.4) is 0 Å². The van der Waals surface area contributed by atoms with Crippen molar-refractivity contribution in [2.45, 2.75) is 0 Å². The molecule has 44 heavy (non-hydrogen) atoms. The monoisotopic (exact) mass is 659 g/mol. The Morgan fingerprint density at radius 1 is 0.386 bits per heavy atom. The third-order valence-corrected chi connectivity index (χ3v) is 6.44. The number of rotatable bonds is 3. The van der Waals surface area contributed by atoms with Gasteiger partial charge in [0.2, 0.25) is 0 Å². The average molecular weight is 659 g/mol. The molecule has 8 heteroatoms. The van der Waals surface area contributed by atoms with Gasteiger partial charge < -0.3 is 4.98 Å². The first-order chi connectivity index (χ1) is 21.3. The minimum atomic E-state index is 0. The summed E-state index contributed by atoms with van der Waals surface area (Å²) in [7, 11) is 0. The number of nitrogens with zero attached hydrogens (tertiary/aromatic N) is 6. The molecular weight excluding hydrogens is 632 g/mol. The van der Waals surface area contributed by atoms with Gasteiger partial charge >= 0.3 is 0 Å². The van der Waals surface area contributed by atoms with E-state index in [1.54, 1.807) is 31.0 Å². The van der Waals surface area contributed by atoms with Crippen molar-refractivity contribution in [1.29, 1.82) is 0 Å². The molecule has 2 aromatic carbocycles. The minimum absolute atomic E-state index is 0. The van der Waals surface area contributed by atoms with Crippen LogP contribution in [0.2, 0.25) is 0 Å². The zero-order chi connectivity index (χ0) is 29.1. The summed E-state index contributed by atoms with van der Waals surface area (Å²) < 4.78 is 0. The molecule has 214 valence electrons. The summed E-state index contributed by atoms with van der Waals surface area (Å²) in [6, 6.07) is 41.5. The number of aromatic nitrogens is 7. The van der Waals surface area contributed by atoms with Crippen molar-refractivity contribution in [3.63, 3.8) is 0 Å². The summed E-state index contributed by atoms with van der Waals surface area (Å²) in [4.78, 5) is 29.0. The van der Waals surface area contributed by atoms with Crippen molar-refractivity contribution in [2.24, 2.45) is 0 Å². The van der Waals surface area contributed by atoms with Gasteiger partial charge in [0.1, 0.15) is 5.69 Å². The van der Waals surface area contributed by atoms with E-state index in [4.69, 9.17) is 0 Å². The van der Waals surface area contributed by atoms with Gasteiger partial charge in [-0.05, 0) is 83.6 Å². The minimum Gasteiger partial charge on any atom is -0.337 e. The van der Waals surface area contributed by atoms with Gasteiger partial charge in [0.25, 0.3) is 0 Å². The third kappa shape index (κ3) is 7.68. The van der Waals surface area contributed by atoms with Gasteiger partial charge in [0, 0.05) is 50.5 Å². The van der Waals surface area contributed by atoms with Crippen LogP contribution in [0.5, 0.6) is 0 Å². The largest absolute Gasteiger partial charge is 0.337 e. The molecule has 1 N–H and O–H groups in total. The van der Waals surface area contributed by atoms with Gasteiger partial charge in [0.15, 0.2) is 5.82 Å². The number of aromatic amines is 1. The van der Waals surface area contributed by atoms with Crippen molar-refractivity contribution >= 4 is 21.8 Å². The SMILES string of the molecule is [Ru].c1ccc(-c2ccccn2)nc1.c1ccc(-c2ccccn2)nc1.c1ccc(-c2nc3cc4ccccc4cc3[nH]2)nc1. The summed E-state index contributed by atoms with van der Waals surface area (Å²) in [5, 5.41) is 2.42. The summed E-state index contributed by atoms with van der Waals surface area (Å²) in [5.41, 5.74) is 6.54. The fraction of sp³-hybridized carbons (Fsp3) is 0. The molecule has 0 fully saturated rings. The third-order valence-electron chi connectivity index (χ3n) is 6.44. The van der Waals surface area contributed by atoms with Crippen LogP contribution in [0.25, 0.3) is 56.1 Å². The molecule has 0 saturated carbocycles. The van der Waals surface area contributed by atoms with Crippen LogP contribution in [0.15, 0.2) is 158 Å². The van der Waals surface area contributed by atoms with Crippen molar-refractivity contribution < 1.29 is 19.5 Å². The van der Waals surface area contributed by atoms with E-state index in [-0.39, 0.29) is 19.5 Å². The Hall–Kier alpha value is -5.46. The maximum Gasteiger partial charge on any atom is 0.157 e. The molecule has 8 rings (SSSR count). The fourth-order valence-electron chi connectivity index (χ4n) is 4.38. The van der Waals surface area contributed by atoms with Gasteiger partial charge in [-0.2, -0.15) is 0 Å². The predicted molar refractivity (Wildman–Crippen MR) is 172 cm³/mol. The fourth-order valence-corrected chi connectivity index (χ4v) is 4.38. The molecule has 0 saturated heterocycles. The molecule has 0 amide bonds. The molecule has 8 aromatic rings. The second kappa shape index (κ2) is 15.1. The van der Waals surface area contributed by atoms with Gasteiger partial charge in [-0.3, -0.25) is 24.9 Å².